The number of aromatic nitrogens is 1. The number of carbonyl (C=O) groups is 2. The highest BCUT2D eigenvalue weighted by Crippen LogP contribution is 2.29. The molecule has 2 rings (SSSR count). The highest BCUT2D eigenvalue weighted by Gasteiger charge is 2.17. The van der Waals surface area contributed by atoms with Crippen molar-refractivity contribution in [3.63, 3.8) is 0 Å². The van der Waals surface area contributed by atoms with Crippen LogP contribution in [0.15, 0.2) is 52.5 Å². The van der Waals surface area contributed by atoms with Gasteiger partial charge in [0.2, 0.25) is 0 Å². The lowest BCUT2D eigenvalue weighted by Crippen LogP contribution is -2.32. The highest BCUT2D eigenvalue weighted by atomic mass is 32.2. The predicted molar refractivity (Wildman–Crippen MR) is 97.7 cm³/mol. The van der Waals surface area contributed by atoms with Gasteiger partial charge >= 0.3 is 5.97 Å². The summed E-state index contributed by atoms with van der Waals surface area (Å²) >= 11 is 1.36. The number of hydrogen-bond acceptors (Lipinski definition) is 6. The van der Waals surface area contributed by atoms with Gasteiger partial charge < -0.3 is 9.64 Å². The number of nitrogens with zero attached hydrogens (tertiary/aromatic N) is 3. The van der Waals surface area contributed by atoms with Gasteiger partial charge in [0.15, 0.2) is 6.61 Å². The van der Waals surface area contributed by atoms with E-state index in [4.69, 9.17) is 10.00 Å². The molecule has 0 N–H and O–H groups in total. The fourth-order valence-electron chi connectivity index (χ4n) is 2.00. The van der Waals surface area contributed by atoms with Gasteiger partial charge in [-0.2, -0.15) is 5.26 Å². The fourth-order valence-corrected chi connectivity index (χ4v) is 2.87. The first-order chi connectivity index (χ1) is 12.5. The van der Waals surface area contributed by atoms with E-state index in [2.05, 4.69) is 4.98 Å². The summed E-state index contributed by atoms with van der Waals surface area (Å²) in [6.07, 6.45) is 1.84. The van der Waals surface area contributed by atoms with Crippen LogP contribution in [0.1, 0.15) is 22.3 Å². The van der Waals surface area contributed by atoms with Gasteiger partial charge in [-0.25, -0.2) is 9.78 Å². The summed E-state index contributed by atoms with van der Waals surface area (Å²) < 4.78 is 5.12. The lowest BCUT2D eigenvalue weighted by molar-refractivity contribution is -0.133. The van der Waals surface area contributed by atoms with E-state index in [0.717, 1.165) is 10.5 Å². The second kappa shape index (κ2) is 9.59. The number of amides is 1. The molecule has 0 bridgehead atoms. The third-order valence-electron chi connectivity index (χ3n) is 3.54. The molecular weight excluding hydrogens is 350 g/mol. The average Bonchev–Trinajstić information content (AvgIpc) is 2.66. The third-order valence-corrected chi connectivity index (χ3v) is 4.56. The van der Waals surface area contributed by atoms with E-state index in [9.17, 15) is 9.59 Å². The molecule has 7 heteroatoms. The molecule has 26 heavy (non-hydrogen) atoms. The van der Waals surface area contributed by atoms with E-state index < -0.39 is 5.97 Å². The summed E-state index contributed by atoms with van der Waals surface area (Å²) in [6, 6.07) is 13.1. The van der Waals surface area contributed by atoms with Crippen molar-refractivity contribution in [1.29, 1.82) is 5.26 Å². The SMILES string of the molecule is Cc1ccc(Sc2ncccc2C(=O)OCC(=O)N(C)CCC#N)cc1. The number of nitriles is 1. The predicted octanol–water partition coefficient (Wildman–Crippen LogP) is 3.07. The molecule has 0 unspecified atom stereocenters. The molecule has 0 atom stereocenters. The normalized spacial score (nSPS) is 10.0. The maximum Gasteiger partial charge on any atom is 0.341 e. The second-order valence-electron chi connectivity index (χ2n) is 5.57. The van der Waals surface area contributed by atoms with Crippen molar-refractivity contribution >= 4 is 23.6 Å². The first-order valence-electron chi connectivity index (χ1n) is 7.99. The highest BCUT2D eigenvalue weighted by molar-refractivity contribution is 7.99. The van der Waals surface area contributed by atoms with Crippen LogP contribution in [0.2, 0.25) is 0 Å². The van der Waals surface area contributed by atoms with Crippen molar-refractivity contribution in [2.75, 3.05) is 20.2 Å². The first kappa shape index (κ1) is 19.5. The standard InChI is InChI=1S/C19H19N3O3S/c1-14-6-8-15(9-7-14)26-18-16(5-3-11-21-18)19(24)25-13-17(23)22(2)12-4-10-20/h3,5-9,11H,4,12-13H2,1-2H3. The Labute approximate surface area is 156 Å². The molecule has 0 aliphatic heterocycles. The van der Waals surface area contributed by atoms with Gasteiger partial charge in [-0.05, 0) is 31.2 Å². The topological polar surface area (TPSA) is 83.3 Å². The molecule has 1 aromatic heterocycles. The molecule has 134 valence electrons. The number of pyridine rings is 1. The minimum atomic E-state index is -0.602. The largest absolute Gasteiger partial charge is 0.452 e. The molecule has 0 aliphatic carbocycles. The maximum atomic E-state index is 12.4. The minimum absolute atomic E-state index is 0.232. The van der Waals surface area contributed by atoms with E-state index in [1.807, 2.05) is 37.3 Å². The summed E-state index contributed by atoms with van der Waals surface area (Å²) in [7, 11) is 1.57. The number of esters is 1. The summed E-state index contributed by atoms with van der Waals surface area (Å²) in [5.74, 6) is -0.958. The molecule has 6 nitrogen and oxygen atoms in total. The first-order valence-corrected chi connectivity index (χ1v) is 8.80. The number of carbonyl (C=O) groups excluding carboxylic acids is 2. The van der Waals surface area contributed by atoms with Gasteiger partial charge in [-0.1, -0.05) is 29.5 Å². The van der Waals surface area contributed by atoms with Crippen LogP contribution in [0, 0.1) is 18.3 Å². The Morgan fingerprint density at radius 3 is 2.69 bits per heavy atom. The number of aryl methyl sites for hydroxylation is 1. The summed E-state index contributed by atoms with van der Waals surface area (Å²) in [5, 5.41) is 9.07. The van der Waals surface area contributed by atoms with Gasteiger partial charge in [0, 0.05) is 24.7 Å². The minimum Gasteiger partial charge on any atom is -0.452 e. The number of likely N-dealkylation sites (N-methyl/N-ethyl adjacent to an activating group) is 1. The molecule has 1 heterocycles. The number of rotatable bonds is 7. The van der Waals surface area contributed by atoms with Crippen molar-refractivity contribution in [1.82, 2.24) is 9.88 Å². The van der Waals surface area contributed by atoms with Gasteiger partial charge in [0.25, 0.3) is 5.91 Å². The Kier molecular flexibility index (Phi) is 7.18. The third kappa shape index (κ3) is 5.60. The maximum absolute atomic E-state index is 12.4. The number of ether oxygens (including phenoxy) is 1. The van der Waals surface area contributed by atoms with Crippen LogP contribution in [-0.4, -0.2) is 42.0 Å². The van der Waals surface area contributed by atoms with E-state index in [0.29, 0.717) is 17.1 Å². The van der Waals surface area contributed by atoms with Crippen LogP contribution < -0.4 is 0 Å². The van der Waals surface area contributed by atoms with Crippen LogP contribution in [0.25, 0.3) is 0 Å². The van der Waals surface area contributed by atoms with Crippen molar-refractivity contribution in [2.24, 2.45) is 0 Å². The van der Waals surface area contributed by atoms with Gasteiger partial charge in [-0.15, -0.1) is 0 Å². The Balaban J connectivity index is 2.02. The molecule has 0 aliphatic rings. The van der Waals surface area contributed by atoms with E-state index in [1.54, 1.807) is 25.4 Å². The van der Waals surface area contributed by atoms with Gasteiger partial charge in [-0.3, -0.25) is 4.79 Å². The zero-order valence-electron chi connectivity index (χ0n) is 14.6. The Bertz CT molecular complexity index is 816. The van der Waals surface area contributed by atoms with Crippen LogP contribution in [0.4, 0.5) is 0 Å². The quantitative estimate of drug-likeness (QED) is 0.698. The Hall–Kier alpha value is -2.85. The molecule has 0 fully saturated rings. The molecular formula is C19H19N3O3S. The molecule has 1 aromatic carbocycles. The average molecular weight is 369 g/mol. The molecule has 0 radical (unpaired) electrons. The molecule has 2 aromatic rings. The smallest absolute Gasteiger partial charge is 0.341 e. The summed E-state index contributed by atoms with van der Waals surface area (Å²) in [5.41, 5.74) is 1.46. The van der Waals surface area contributed by atoms with Crippen molar-refractivity contribution in [3.8, 4) is 6.07 Å². The molecule has 0 saturated heterocycles. The zero-order chi connectivity index (χ0) is 18.9. The second-order valence-corrected chi connectivity index (χ2v) is 6.63. The zero-order valence-corrected chi connectivity index (χ0v) is 15.5. The summed E-state index contributed by atoms with van der Waals surface area (Å²) in [6.45, 7) is 1.93. The number of benzene rings is 1. The Morgan fingerprint density at radius 1 is 1.27 bits per heavy atom. The van der Waals surface area contributed by atoms with E-state index >= 15 is 0 Å². The van der Waals surface area contributed by atoms with E-state index in [1.165, 1.54) is 16.7 Å². The Morgan fingerprint density at radius 2 is 2.00 bits per heavy atom. The number of hydrogen-bond donors (Lipinski definition) is 0. The molecule has 0 spiro atoms. The van der Waals surface area contributed by atoms with Crippen molar-refractivity contribution in [2.45, 2.75) is 23.3 Å². The lowest BCUT2D eigenvalue weighted by atomic mass is 10.2. The van der Waals surface area contributed by atoms with Gasteiger partial charge in [0.1, 0.15) is 5.03 Å². The van der Waals surface area contributed by atoms with E-state index in [-0.39, 0.29) is 18.9 Å². The van der Waals surface area contributed by atoms with Crippen LogP contribution >= 0.6 is 11.8 Å². The van der Waals surface area contributed by atoms with Gasteiger partial charge in [0.05, 0.1) is 18.1 Å². The molecule has 0 saturated carbocycles. The fraction of sp³-hybridized carbons (Fsp3) is 0.263. The van der Waals surface area contributed by atoms with Crippen LogP contribution in [0.3, 0.4) is 0 Å². The van der Waals surface area contributed by atoms with Crippen LogP contribution in [-0.2, 0) is 9.53 Å². The van der Waals surface area contributed by atoms with Crippen molar-refractivity contribution < 1.29 is 14.3 Å². The monoisotopic (exact) mass is 369 g/mol. The van der Waals surface area contributed by atoms with Crippen LogP contribution in [0.5, 0.6) is 0 Å². The lowest BCUT2D eigenvalue weighted by Gasteiger charge is -2.15. The summed E-state index contributed by atoms with van der Waals surface area (Å²) in [4.78, 5) is 30.8. The van der Waals surface area contributed by atoms with Crippen molar-refractivity contribution in [3.05, 3.63) is 53.7 Å². The molecule has 1 amide bonds.